The van der Waals surface area contributed by atoms with Gasteiger partial charge < -0.3 is 19.7 Å². The first kappa shape index (κ1) is 21.0. The van der Waals surface area contributed by atoms with Crippen LogP contribution in [0.5, 0.6) is 5.75 Å². The predicted molar refractivity (Wildman–Crippen MR) is 104 cm³/mol. The van der Waals surface area contributed by atoms with Crippen molar-refractivity contribution in [2.75, 3.05) is 20.7 Å². The normalized spacial score (nSPS) is 11.2. The summed E-state index contributed by atoms with van der Waals surface area (Å²) >= 11 is 0. The first-order valence-corrected chi connectivity index (χ1v) is 8.82. The van der Waals surface area contributed by atoms with Gasteiger partial charge in [-0.2, -0.15) is 0 Å². The van der Waals surface area contributed by atoms with Gasteiger partial charge in [0.1, 0.15) is 12.3 Å². The van der Waals surface area contributed by atoms with Crippen LogP contribution in [-0.4, -0.2) is 49.5 Å². The Kier molecular flexibility index (Phi) is 7.56. The number of methoxy groups -OCH3 is 1. The highest BCUT2D eigenvalue weighted by Crippen LogP contribution is 2.16. The summed E-state index contributed by atoms with van der Waals surface area (Å²) in [5.41, 5.74) is 1.28. The molecule has 28 heavy (non-hydrogen) atoms. The maximum Gasteiger partial charge on any atom is 0.326 e. The Bertz CT molecular complexity index is 823. The van der Waals surface area contributed by atoms with Crippen molar-refractivity contribution in [1.82, 2.24) is 10.2 Å². The Morgan fingerprint density at radius 2 is 1.68 bits per heavy atom. The van der Waals surface area contributed by atoms with Crippen molar-refractivity contribution in [3.8, 4) is 5.75 Å². The highest BCUT2D eigenvalue weighted by atomic mass is 16.5. The molecule has 0 saturated carbocycles. The molecular weight excluding hydrogens is 360 g/mol. The zero-order valence-corrected chi connectivity index (χ0v) is 16.2. The molecule has 2 aromatic rings. The summed E-state index contributed by atoms with van der Waals surface area (Å²) < 4.78 is 10.3. The van der Waals surface area contributed by atoms with E-state index in [1.54, 1.807) is 31.3 Å². The molecule has 2 rings (SSSR count). The third-order valence-electron chi connectivity index (χ3n) is 4.04. The quantitative estimate of drug-likeness (QED) is 0.704. The van der Waals surface area contributed by atoms with E-state index in [2.05, 4.69) is 5.32 Å². The van der Waals surface area contributed by atoms with Crippen LogP contribution in [0, 0.1) is 0 Å². The first-order chi connectivity index (χ1) is 13.4. The third-order valence-corrected chi connectivity index (χ3v) is 4.04. The van der Waals surface area contributed by atoms with E-state index in [1.165, 1.54) is 18.9 Å². The zero-order chi connectivity index (χ0) is 20.5. The van der Waals surface area contributed by atoms with Crippen LogP contribution in [0.25, 0.3) is 0 Å². The first-order valence-electron chi connectivity index (χ1n) is 8.82. The Hall–Kier alpha value is -3.35. The fourth-order valence-corrected chi connectivity index (χ4v) is 2.61. The van der Waals surface area contributed by atoms with Crippen LogP contribution in [-0.2, 0) is 20.9 Å². The van der Waals surface area contributed by atoms with Gasteiger partial charge in [0.05, 0.1) is 12.7 Å². The van der Waals surface area contributed by atoms with Gasteiger partial charge in [-0.25, -0.2) is 0 Å². The fourth-order valence-electron chi connectivity index (χ4n) is 2.61. The number of carbonyl (C=O) groups is 3. The second-order valence-corrected chi connectivity index (χ2v) is 6.19. The van der Waals surface area contributed by atoms with Crippen LogP contribution >= 0.6 is 0 Å². The molecular formula is C21H24N2O5. The van der Waals surface area contributed by atoms with Gasteiger partial charge in [-0.15, -0.1) is 0 Å². The van der Waals surface area contributed by atoms with Crippen molar-refractivity contribution in [3.05, 3.63) is 65.7 Å². The van der Waals surface area contributed by atoms with Crippen LogP contribution in [0.3, 0.4) is 0 Å². The maximum absolute atomic E-state index is 12.4. The van der Waals surface area contributed by atoms with Crippen LogP contribution in [0.2, 0.25) is 0 Å². The monoisotopic (exact) mass is 384 g/mol. The number of likely N-dealkylation sites (N-methyl/N-ethyl adjacent to an activating group) is 1. The molecule has 0 aliphatic carbocycles. The van der Waals surface area contributed by atoms with E-state index in [9.17, 15) is 14.4 Å². The number of esters is 1. The van der Waals surface area contributed by atoms with E-state index in [-0.39, 0.29) is 12.5 Å². The molecule has 2 aromatic carbocycles. The Morgan fingerprint density at radius 3 is 2.36 bits per heavy atom. The minimum absolute atomic E-state index is 0.310. The van der Waals surface area contributed by atoms with Gasteiger partial charge in [0.2, 0.25) is 0 Å². The number of amides is 2. The molecule has 0 aromatic heterocycles. The van der Waals surface area contributed by atoms with Gasteiger partial charge >= 0.3 is 5.97 Å². The van der Waals surface area contributed by atoms with E-state index in [0.29, 0.717) is 17.9 Å². The Balaban J connectivity index is 1.83. The molecule has 0 saturated heterocycles. The number of carbonyl (C=O) groups excluding carboxylic acids is 3. The molecule has 0 bridgehead atoms. The summed E-state index contributed by atoms with van der Waals surface area (Å²) in [5.74, 6) is -1.08. The molecule has 1 atom stereocenters. The zero-order valence-electron chi connectivity index (χ0n) is 16.2. The summed E-state index contributed by atoms with van der Waals surface area (Å²) in [6.45, 7) is 1.56. The lowest BCUT2D eigenvalue weighted by molar-refractivity contribution is -0.157. The van der Waals surface area contributed by atoms with Crippen LogP contribution in [0.15, 0.2) is 54.6 Å². The maximum atomic E-state index is 12.4. The molecule has 2 amide bonds. The molecule has 0 heterocycles. The molecule has 0 radical (unpaired) electrons. The van der Waals surface area contributed by atoms with Crippen molar-refractivity contribution in [2.24, 2.45) is 0 Å². The number of hydrogen-bond donors (Lipinski definition) is 1. The lowest BCUT2D eigenvalue weighted by Gasteiger charge is -2.21. The number of para-hydroxylation sites is 1. The minimum atomic E-state index is -0.954. The van der Waals surface area contributed by atoms with Crippen molar-refractivity contribution in [1.29, 1.82) is 0 Å². The van der Waals surface area contributed by atoms with Crippen LogP contribution < -0.4 is 10.1 Å². The van der Waals surface area contributed by atoms with Gasteiger partial charge in [-0.05, 0) is 24.6 Å². The Morgan fingerprint density at radius 1 is 1.04 bits per heavy atom. The summed E-state index contributed by atoms with van der Waals surface area (Å²) in [7, 11) is 3.10. The van der Waals surface area contributed by atoms with Gasteiger partial charge in [0.15, 0.2) is 6.10 Å². The highest BCUT2D eigenvalue weighted by molar-refractivity contribution is 5.98. The van der Waals surface area contributed by atoms with E-state index in [0.717, 1.165) is 5.56 Å². The number of nitrogens with one attached hydrogen (secondary N) is 1. The number of rotatable bonds is 8. The van der Waals surface area contributed by atoms with Crippen molar-refractivity contribution in [3.63, 3.8) is 0 Å². The fraction of sp³-hybridized carbons (Fsp3) is 0.286. The number of nitrogens with zero attached hydrogens (tertiary/aromatic N) is 1. The molecule has 0 spiro atoms. The summed E-state index contributed by atoms with van der Waals surface area (Å²) in [6.07, 6.45) is -0.954. The topological polar surface area (TPSA) is 84.9 Å². The van der Waals surface area contributed by atoms with Crippen molar-refractivity contribution < 1.29 is 23.9 Å². The predicted octanol–water partition coefficient (Wildman–Crippen LogP) is 2.02. The average molecular weight is 384 g/mol. The number of hydrogen-bond acceptors (Lipinski definition) is 5. The number of benzene rings is 2. The van der Waals surface area contributed by atoms with Crippen LogP contribution in [0.4, 0.5) is 0 Å². The summed E-state index contributed by atoms with van der Waals surface area (Å²) in [6, 6.07) is 16.2. The molecule has 7 heteroatoms. The van der Waals surface area contributed by atoms with Crippen molar-refractivity contribution >= 4 is 17.8 Å². The molecule has 1 N–H and O–H groups in total. The average Bonchev–Trinajstić information content (AvgIpc) is 2.71. The number of ether oxygens (including phenoxy) is 2. The van der Waals surface area contributed by atoms with Gasteiger partial charge in [0, 0.05) is 13.6 Å². The van der Waals surface area contributed by atoms with E-state index >= 15 is 0 Å². The lowest BCUT2D eigenvalue weighted by atomic mass is 10.2. The van der Waals surface area contributed by atoms with E-state index in [4.69, 9.17) is 9.47 Å². The minimum Gasteiger partial charge on any atom is -0.496 e. The van der Waals surface area contributed by atoms with E-state index in [1.807, 2.05) is 30.3 Å². The second-order valence-electron chi connectivity index (χ2n) is 6.19. The summed E-state index contributed by atoms with van der Waals surface area (Å²) in [5, 5.41) is 2.47. The van der Waals surface area contributed by atoms with Crippen molar-refractivity contribution in [2.45, 2.75) is 19.6 Å². The smallest absolute Gasteiger partial charge is 0.326 e. The summed E-state index contributed by atoms with van der Waals surface area (Å²) in [4.78, 5) is 38.0. The third kappa shape index (κ3) is 5.84. The van der Waals surface area contributed by atoms with Gasteiger partial charge in [-0.1, -0.05) is 42.5 Å². The van der Waals surface area contributed by atoms with Crippen LogP contribution in [0.1, 0.15) is 22.8 Å². The second kappa shape index (κ2) is 10.1. The highest BCUT2D eigenvalue weighted by Gasteiger charge is 2.22. The largest absolute Gasteiger partial charge is 0.496 e. The standard InChI is InChI=1S/C21H24N2O5/c1-15(21(26)23(2)14-16-9-5-4-6-10-16)28-19(24)13-22-20(25)17-11-7-8-12-18(17)27-3/h4-12,15H,13-14H2,1-3H3,(H,22,25)/t15-/m1/s1. The molecule has 148 valence electrons. The molecule has 0 aliphatic rings. The van der Waals surface area contributed by atoms with Gasteiger partial charge in [-0.3, -0.25) is 14.4 Å². The molecule has 0 unspecified atom stereocenters. The molecule has 0 fully saturated rings. The molecule has 7 nitrogen and oxygen atoms in total. The molecule has 0 aliphatic heterocycles. The van der Waals surface area contributed by atoms with E-state index < -0.39 is 18.0 Å². The van der Waals surface area contributed by atoms with Gasteiger partial charge in [0.25, 0.3) is 11.8 Å². The Labute approximate surface area is 164 Å². The lowest BCUT2D eigenvalue weighted by Crippen LogP contribution is -2.39. The SMILES string of the molecule is COc1ccccc1C(=O)NCC(=O)O[C@H](C)C(=O)N(C)Cc1ccccc1.